The molecule has 0 saturated carbocycles. The summed E-state index contributed by atoms with van der Waals surface area (Å²) in [5, 5.41) is 13.7. The fraction of sp³-hybridized carbons (Fsp3) is 0.235. The highest BCUT2D eigenvalue weighted by Crippen LogP contribution is 2.30. The van der Waals surface area contributed by atoms with Crippen molar-refractivity contribution in [3.63, 3.8) is 0 Å². The Bertz CT molecular complexity index is 902. The fourth-order valence-electron chi connectivity index (χ4n) is 2.71. The Hall–Kier alpha value is -2.76. The lowest BCUT2D eigenvalue weighted by Gasteiger charge is -2.06. The zero-order chi connectivity index (χ0) is 16.6. The summed E-state index contributed by atoms with van der Waals surface area (Å²) in [6.07, 6.45) is 1.50. The van der Waals surface area contributed by atoms with Gasteiger partial charge in [0.25, 0.3) is 0 Å². The minimum absolute atomic E-state index is 0.0570. The van der Waals surface area contributed by atoms with Crippen LogP contribution >= 0.6 is 0 Å². The molecule has 0 spiro atoms. The van der Waals surface area contributed by atoms with Crippen molar-refractivity contribution in [3.05, 3.63) is 53.2 Å². The molecule has 0 radical (unpaired) electrons. The Balaban J connectivity index is 2.37. The molecular formula is C17H16FN3O2. The van der Waals surface area contributed by atoms with E-state index in [0.29, 0.717) is 28.9 Å². The lowest BCUT2D eigenvalue weighted by molar-refractivity contribution is 0.0690. The zero-order valence-corrected chi connectivity index (χ0v) is 12.9. The number of aryl methyl sites for hydroxylation is 2. The Morgan fingerprint density at radius 1 is 1.35 bits per heavy atom. The van der Waals surface area contributed by atoms with Crippen LogP contribution in [0.3, 0.4) is 0 Å². The number of nitrogens with zero attached hydrogens (tertiary/aromatic N) is 3. The van der Waals surface area contributed by atoms with Gasteiger partial charge in [0.2, 0.25) is 0 Å². The van der Waals surface area contributed by atoms with Crippen LogP contribution in [0.5, 0.6) is 0 Å². The number of carboxylic acids is 1. The van der Waals surface area contributed by atoms with E-state index in [9.17, 15) is 14.3 Å². The smallest absolute Gasteiger partial charge is 0.354 e. The molecule has 0 aliphatic carbocycles. The molecule has 0 atom stereocenters. The Labute approximate surface area is 132 Å². The van der Waals surface area contributed by atoms with Crippen molar-refractivity contribution >= 4 is 11.6 Å². The lowest BCUT2D eigenvalue weighted by atomic mass is 10.1. The zero-order valence-electron chi connectivity index (χ0n) is 12.9. The van der Waals surface area contributed by atoms with Gasteiger partial charge in [-0.3, -0.25) is 0 Å². The third-order valence-corrected chi connectivity index (χ3v) is 3.71. The summed E-state index contributed by atoms with van der Waals surface area (Å²) in [4.78, 5) is 15.5. The first-order chi connectivity index (χ1) is 11.0. The van der Waals surface area contributed by atoms with Crippen molar-refractivity contribution < 1.29 is 14.3 Å². The van der Waals surface area contributed by atoms with Crippen LogP contribution in [0.1, 0.15) is 35.2 Å². The maximum Gasteiger partial charge on any atom is 0.354 e. The van der Waals surface area contributed by atoms with Crippen LogP contribution in [0.25, 0.3) is 16.8 Å². The Morgan fingerprint density at radius 2 is 2.09 bits per heavy atom. The van der Waals surface area contributed by atoms with Gasteiger partial charge in [-0.1, -0.05) is 31.5 Å². The van der Waals surface area contributed by atoms with Crippen LogP contribution in [0.2, 0.25) is 0 Å². The average Bonchev–Trinajstić information content (AvgIpc) is 2.84. The number of carboxylic acid groups (broad SMARTS) is 1. The number of carbonyl (C=O) groups is 1. The molecule has 6 heteroatoms. The number of aromatic carboxylic acids is 1. The number of aromatic nitrogens is 3. The molecule has 3 rings (SSSR count). The van der Waals surface area contributed by atoms with Gasteiger partial charge in [-0.25, -0.2) is 18.7 Å². The summed E-state index contributed by atoms with van der Waals surface area (Å²) >= 11 is 0. The first-order valence-corrected chi connectivity index (χ1v) is 7.40. The van der Waals surface area contributed by atoms with Gasteiger partial charge in [-0.05, 0) is 25.5 Å². The molecule has 3 aromatic rings. The summed E-state index contributed by atoms with van der Waals surface area (Å²) in [6, 6.07) is 7.88. The Morgan fingerprint density at radius 3 is 2.74 bits per heavy atom. The van der Waals surface area contributed by atoms with Crippen LogP contribution in [-0.2, 0) is 6.42 Å². The molecule has 23 heavy (non-hydrogen) atoms. The van der Waals surface area contributed by atoms with Gasteiger partial charge >= 0.3 is 5.97 Å². The van der Waals surface area contributed by atoms with Crippen LogP contribution in [-0.4, -0.2) is 25.7 Å². The third kappa shape index (κ3) is 2.56. The summed E-state index contributed by atoms with van der Waals surface area (Å²) in [5.74, 6) is -1.49. The molecule has 0 aliphatic rings. The molecule has 0 fully saturated rings. The molecular weight excluding hydrogens is 297 g/mol. The van der Waals surface area contributed by atoms with Gasteiger partial charge in [-0.2, -0.15) is 5.10 Å². The number of hydrogen-bond acceptors (Lipinski definition) is 3. The van der Waals surface area contributed by atoms with Crippen molar-refractivity contribution in [3.8, 4) is 11.1 Å². The predicted octanol–water partition coefficient (Wildman–Crippen LogP) is 3.49. The standard InChI is InChI=1S/C17H16FN3O2/c1-3-6-11-9-14(17(22)23)19-16-15(10(2)20-21(11)16)12-7-4-5-8-13(12)18/h4-5,7-9H,3,6H2,1-2H3,(H,22,23). The molecule has 0 amide bonds. The topological polar surface area (TPSA) is 67.5 Å². The second-order valence-corrected chi connectivity index (χ2v) is 5.36. The van der Waals surface area contributed by atoms with Crippen molar-refractivity contribution in [1.82, 2.24) is 14.6 Å². The number of halogens is 1. The Kier molecular flexibility index (Phi) is 3.82. The van der Waals surface area contributed by atoms with E-state index >= 15 is 0 Å². The number of hydrogen-bond donors (Lipinski definition) is 1. The van der Waals surface area contributed by atoms with Crippen LogP contribution in [0.4, 0.5) is 4.39 Å². The van der Waals surface area contributed by atoms with E-state index in [1.165, 1.54) is 12.1 Å². The second-order valence-electron chi connectivity index (χ2n) is 5.36. The first kappa shape index (κ1) is 15.1. The monoisotopic (exact) mass is 313 g/mol. The van der Waals surface area contributed by atoms with Gasteiger partial charge in [0, 0.05) is 11.3 Å². The van der Waals surface area contributed by atoms with Crippen molar-refractivity contribution in [2.75, 3.05) is 0 Å². The second kappa shape index (κ2) is 5.79. The minimum Gasteiger partial charge on any atom is -0.477 e. The molecule has 2 heterocycles. The summed E-state index contributed by atoms with van der Waals surface area (Å²) in [5.41, 5.74) is 2.58. The molecule has 0 saturated heterocycles. The number of benzene rings is 1. The van der Waals surface area contributed by atoms with Crippen molar-refractivity contribution in [2.24, 2.45) is 0 Å². The third-order valence-electron chi connectivity index (χ3n) is 3.71. The maximum atomic E-state index is 14.2. The normalized spacial score (nSPS) is 11.1. The van der Waals surface area contributed by atoms with Gasteiger partial charge in [0.05, 0.1) is 11.3 Å². The number of rotatable bonds is 4. The van der Waals surface area contributed by atoms with E-state index in [1.807, 2.05) is 6.92 Å². The lowest BCUT2D eigenvalue weighted by Crippen LogP contribution is -2.08. The van der Waals surface area contributed by atoms with E-state index in [-0.39, 0.29) is 11.5 Å². The molecule has 5 nitrogen and oxygen atoms in total. The highest BCUT2D eigenvalue weighted by Gasteiger charge is 2.20. The van der Waals surface area contributed by atoms with Crippen LogP contribution < -0.4 is 0 Å². The maximum absolute atomic E-state index is 14.2. The van der Waals surface area contributed by atoms with Crippen LogP contribution in [0.15, 0.2) is 30.3 Å². The minimum atomic E-state index is -1.11. The van der Waals surface area contributed by atoms with Gasteiger partial charge in [0.1, 0.15) is 5.82 Å². The highest BCUT2D eigenvalue weighted by molar-refractivity contribution is 5.88. The molecule has 0 bridgehead atoms. The van der Waals surface area contributed by atoms with Gasteiger partial charge in [0.15, 0.2) is 11.3 Å². The number of fused-ring (bicyclic) bond motifs is 1. The summed E-state index contributed by atoms with van der Waals surface area (Å²) in [7, 11) is 0. The van der Waals surface area contributed by atoms with Crippen molar-refractivity contribution in [2.45, 2.75) is 26.7 Å². The van der Waals surface area contributed by atoms with Crippen molar-refractivity contribution in [1.29, 1.82) is 0 Å². The van der Waals surface area contributed by atoms with Crippen LogP contribution in [0, 0.1) is 12.7 Å². The van der Waals surface area contributed by atoms with E-state index in [4.69, 9.17) is 0 Å². The largest absolute Gasteiger partial charge is 0.477 e. The summed E-state index contributed by atoms with van der Waals surface area (Å²) in [6.45, 7) is 3.77. The molecule has 118 valence electrons. The molecule has 0 unspecified atom stereocenters. The molecule has 1 aromatic carbocycles. The molecule has 2 aromatic heterocycles. The average molecular weight is 313 g/mol. The van der Waals surface area contributed by atoms with Gasteiger partial charge in [-0.15, -0.1) is 0 Å². The van der Waals surface area contributed by atoms with E-state index in [0.717, 1.165) is 12.1 Å². The van der Waals surface area contributed by atoms with Gasteiger partial charge < -0.3 is 5.11 Å². The SMILES string of the molecule is CCCc1cc(C(=O)O)nc2c(-c3ccccc3F)c(C)nn12. The quantitative estimate of drug-likeness (QED) is 0.800. The van der Waals surface area contributed by atoms with E-state index < -0.39 is 5.97 Å². The highest BCUT2D eigenvalue weighted by atomic mass is 19.1. The fourth-order valence-corrected chi connectivity index (χ4v) is 2.71. The first-order valence-electron chi connectivity index (χ1n) is 7.40. The van der Waals surface area contributed by atoms with E-state index in [2.05, 4.69) is 10.1 Å². The molecule has 1 N–H and O–H groups in total. The molecule has 0 aliphatic heterocycles. The van der Waals surface area contributed by atoms with E-state index in [1.54, 1.807) is 29.6 Å². The predicted molar refractivity (Wildman–Crippen MR) is 84.1 cm³/mol. The summed E-state index contributed by atoms with van der Waals surface area (Å²) < 4.78 is 15.8.